The lowest BCUT2D eigenvalue weighted by Crippen LogP contribution is -1.90. The fourth-order valence-corrected chi connectivity index (χ4v) is 2.47. The summed E-state index contributed by atoms with van der Waals surface area (Å²) in [4.78, 5) is 4.21. The first-order valence-electron chi connectivity index (χ1n) is 3.75. The summed E-state index contributed by atoms with van der Waals surface area (Å²) >= 11 is 3.71. The van der Waals surface area contributed by atoms with Crippen molar-refractivity contribution >= 4 is 23.1 Å². The molecule has 11 heavy (non-hydrogen) atoms. The van der Waals surface area contributed by atoms with E-state index in [1.807, 2.05) is 23.3 Å². The number of hydrogen-bond acceptors (Lipinski definition) is 3. The number of hydrogen-bond donors (Lipinski definition) is 0. The highest BCUT2D eigenvalue weighted by molar-refractivity contribution is 7.98. The zero-order chi connectivity index (χ0) is 8.10. The fourth-order valence-electron chi connectivity index (χ4n) is 0.706. The van der Waals surface area contributed by atoms with Crippen LogP contribution in [0.4, 0.5) is 0 Å². The number of aromatic nitrogens is 1. The lowest BCUT2D eigenvalue weighted by Gasteiger charge is -2.01. The van der Waals surface area contributed by atoms with E-state index >= 15 is 0 Å². The van der Waals surface area contributed by atoms with Crippen molar-refractivity contribution in [2.45, 2.75) is 19.6 Å². The lowest BCUT2D eigenvalue weighted by atomic mass is 10.3. The Morgan fingerprint density at radius 2 is 2.45 bits per heavy atom. The van der Waals surface area contributed by atoms with E-state index in [2.05, 4.69) is 18.8 Å². The van der Waals surface area contributed by atoms with Gasteiger partial charge >= 0.3 is 0 Å². The third kappa shape index (κ3) is 3.77. The zero-order valence-corrected chi connectivity index (χ0v) is 8.54. The molecule has 3 heteroatoms. The molecule has 1 nitrogen and oxygen atoms in total. The summed E-state index contributed by atoms with van der Waals surface area (Å²) in [6.45, 7) is 4.49. The van der Waals surface area contributed by atoms with Gasteiger partial charge < -0.3 is 0 Å². The van der Waals surface area contributed by atoms with Crippen molar-refractivity contribution in [3.05, 3.63) is 16.6 Å². The Bertz CT molecular complexity index is 182. The van der Waals surface area contributed by atoms with Crippen LogP contribution in [0.25, 0.3) is 0 Å². The average Bonchev–Trinajstić information content (AvgIpc) is 2.39. The second-order valence-electron chi connectivity index (χ2n) is 2.83. The highest BCUT2D eigenvalue weighted by Crippen LogP contribution is 2.16. The van der Waals surface area contributed by atoms with Crippen LogP contribution in [0, 0.1) is 5.92 Å². The number of thiazole rings is 1. The Kier molecular flexibility index (Phi) is 3.94. The quantitative estimate of drug-likeness (QED) is 0.718. The molecule has 0 aliphatic heterocycles. The maximum atomic E-state index is 4.21. The molecule has 0 aliphatic rings. The summed E-state index contributed by atoms with van der Waals surface area (Å²) in [7, 11) is 0. The largest absolute Gasteiger partial charge is 0.249 e. The van der Waals surface area contributed by atoms with Crippen molar-refractivity contribution < 1.29 is 0 Å². The minimum absolute atomic E-state index is 0.792. The van der Waals surface area contributed by atoms with Crippen molar-refractivity contribution in [3.8, 4) is 0 Å². The van der Waals surface area contributed by atoms with Crippen molar-refractivity contribution in [3.63, 3.8) is 0 Å². The predicted octanol–water partition coefficient (Wildman–Crippen LogP) is 3.03. The highest BCUT2D eigenvalue weighted by atomic mass is 32.2. The van der Waals surface area contributed by atoms with Gasteiger partial charge in [0.2, 0.25) is 0 Å². The number of rotatable bonds is 4. The van der Waals surface area contributed by atoms with Gasteiger partial charge in [-0.15, -0.1) is 11.3 Å². The summed E-state index contributed by atoms with van der Waals surface area (Å²) in [5, 5.41) is 3.28. The Morgan fingerprint density at radius 3 is 3.00 bits per heavy atom. The Morgan fingerprint density at radius 1 is 1.64 bits per heavy atom. The Balaban J connectivity index is 2.14. The molecule has 1 heterocycles. The van der Waals surface area contributed by atoms with Gasteiger partial charge in [-0.05, 0) is 11.7 Å². The summed E-state index contributed by atoms with van der Waals surface area (Å²) in [6.07, 6.45) is 1.87. The molecule has 0 unspecified atom stereocenters. The first kappa shape index (κ1) is 9.07. The molecule has 1 aromatic rings. The van der Waals surface area contributed by atoms with Gasteiger partial charge in [0, 0.05) is 17.3 Å². The molecule has 0 radical (unpaired) electrons. The predicted molar refractivity (Wildman–Crippen MR) is 53.1 cm³/mol. The van der Waals surface area contributed by atoms with E-state index in [9.17, 15) is 0 Å². The first-order chi connectivity index (χ1) is 5.29. The van der Waals surface area contributed by atoms with Crippen LogP contribution in [0.5, 0.6) is 0 Å². The monoisotopic (exact) mass is 187 g/mol. The van der Waals surface area contributed by atoms with Crippen LogP contribution in [0.1, 0.15) is 18.9 Å². The minimum atomic E-state index is 0.792. The van der Waals surface area contributed by atoms with Gasteiger partial charge in [0.1, 0.15) is 5.01 Å². The molecule has 0 amide bonds. The van der Waals surface area contributed by atoms with Crippen LogP contribution in [-0.4, -0.2) is 10.7 Å². The summed E-state index contributed by atoms with van der Waals surface area (Å²) in [6, 6.07) is 0. The molecule has 0 saturated heterocycles. The topological polar surface area (TPSA) is 12.9 Å². The summed E-state index contributed by atoms with van der Waals surface area (Å²) in [5.41, 5.74) is 0. The summed E-state index contributed by atoms with van der Waals surface area (Å²) in [5.74, 6) is 3.11. The van der Waals surface area contributed by atoms with E-state index in [0.717, 1.165) is 11.7 Å². The standard InChI is InChI=1S/C8H13NS2/c1-7(2)5-10-6-8-9-3-4-11-8/h3-4,7H,5-6H2,1-2H3. The molecule has 1 aromatic heterocycles. The van der Waals surface area contributed by atoms with Crippen molar-refractivity contribution in [2.75, 3.05) is 5.75 Å². The summed E-state index contributed by atoms with van der Waals surface area (Å²) < 4.78 is 0. The van der Waals surface area contributed by atoms with Crippen LogP contribution in [-0.2, 0) is 5.75 Å². The van der Waals surface area contributed by atoms with Gasteiger partial charge in [-0.1, -0.05) is 13.8 Å². The van der Waals surface area contributed by atoms with Gasteiger partial charge in [-0.2, -0.15) is 11.8 Å². The second kappa shape index (κ2) is 4.78. The second-order valence-corrected chi connectivity index (χ2v) is 4.84. The maximum absolute atomic E-state index is 4.21. The van der Waals surface area contributed by atoms with Gasteiger partial charge in [0.15, 0.2) is 0 Å². The minimum Gasteiger partial charge on any atom is -0.249 e. The number of nitrogens with zero attached hydrogens (tertiary/aromatic N) is 1. The molecule has 62 valence electrons. The molecule has 1 rings (SSSR count). The van der Waals surface area contributed by atoms with E-state index in [4.69, 9.17) is 0 Å². The van der Waals surface area contributed by atoms with Gasteiger partial charge in [-0.25, -0.2) is 4.98 Å². The average molecular weight is 187 g/mol. The van der Waals surface area contributed by atoms with E-state index in [0.29, 0.717) is 0 Å². The van der Waals surface area contributed by atoms with Crippen molar-refractivity contribution in [1.29, 1.82) is 0 Å². The van der Waals surface area contributed by atoms with Crippen LogP contribution in [0.15, 0.2) is 11.6 Å². The molecule has 0 aromatic carbocycles. The maximum Gasteiger partial charge on any atom is 0.102 e. The third-order valence-corrected chi connectivity index (χ3v) is 3.50. The Labute approximate surface area is 76.2 Å². The SMILES string of the molecule is CC(C)CSCc1nccs1. The molecule has 0 N–H and O–H groups in total. The van der Waals surface area contributed by atoms with Crippen molar-refractivity contribution in [1.82, 2.24) is 4.98 Å². The zero-order valence-electron chi connectivity index (χ0n) is 6.91. The molecule has 0 saturated carbocycles. The van der Waals surface area contributed by atoms with E-state index in [1.165, 1.54) is 10.8 Å². The van der Waals surface area contributed by atoms with Crippen LogP contribution in [0.2, 0.25) is 0 Å². The molecule has 0 spiro atoms. The third-order valence-electron chi connectivity index (χ3n) is 1.16. The lowest BCUT2D eigenvalue weighted by molar-refractivity contribution is 0.750. The number of thioether (sulfide) groups is 1. The molecule has 0 fully saturated rings. The fraction of sp³-hybridized carbons (Fsp3) is 0.625. The molecular weight excluding hydrogens is 174 g/mol. The highest BCUT2D eigenvalue weighted by Gasteiger charge is 1.97. The molecular formula is C8H13NS2. The van der Waals surface area contributed by atoms with E-state index in [-0.39, 0.29) is 0 Å². The van der Waals surface area contributed by atoms with Crippen LogP contribution < -0.4 is 0 Å². The Hall–Kier alpha value is -0.0200. The van der Waals surface area contributed by atoms with Crippen molar-refractivity contribution in [2.24, 2.45) is 5.92 Å². The molecule has 0 bridgehead atoms. The van der Waals surface area contributed by atoms with Crippen LogP contribution >= 0.6 is 23.1 Å². The van der Waals surface area contributed by atoms with Gasteiger partial charge in [-0.3, -0.25) is 0 Å². The van der Waals surface area contributed by atoms with Gasteiger partial charge in [0.05, 0.1) is 0 Å². The first-order valence-corrected chi connectivity index (χ1v) is 5.78. The smallest absolute Gasteiger partial charge is 0.102 e. The molecule has 0 atom stereocenters. The van der Waals surface area contributed by atoms with E-state index in [1.54, 1.807) is 11.3 Å². The van der Waals surface area contributed by atoms with Crippen LogP contribution in [0.3, 0.4) is 0 Å². The van der Waals surface area contributed by atoms with E-state index < -0.39 is 0 Å². The molecule has 0 aliphatic carbocycles. The normalized spacial score (nSPS) is 10.8. The van der Waals surface area contributed by atoms with Gasteiger partial charge in [0.25, 0.3) is 0 Å².